The van der Waals surface area contributed by atoms with Crippen molar-refractivity contribution in [1.82, 2.24) is 4.90 Å². The van der Waals surface area contributed by atoms with Crippen LogP contribution in [0.5, 0.6) is 0 Å². The molecule has 0 radical (unpaired) electrons. The average molecular weight is 302 g/mol. The lowest BCUT2D eigenvalue weighted by molar-refractivity contribution is 0.486. The van der Waals surface area contributed by atoms with Crippen LogP contribution >= 0.6 is 12.2 Å². The molecule has 0 saturated heterocycles. The van der Waals surface area contributed by atoms with E-state index in [-0.39, 0.29) is 5.82 Å². The summed E-state index contributed by atoms with van der Waals surface area (Å²) in [5.41, 5.74) is 2.84. The lowest BCUT2D eigenvalue weighted by Gasteiger charge is -2.22. The molecule has 2 rings (SSSR count). The highest BCUT2D eigenvalue weighted by Gasteiger charge is 2.09. The third kappa shape index (κ3) is 4.02. The van der Waals surface area contributed by atoms with Gasteiger partial charge >= 0.3 is 0 Å². The van der Waals surface area contributed by atoms with Gasteiger partial charge in [0.1, 0.15) is 5.82 Å². The van der Waals surface area contributed by atoms with Crippen molar-refractivity contribution in [1.29, 1.82) is 0 Å². The Kier molecular flexibility index (Phi) is 5.28. The molecule has 0 bridgehead atoms. The normalized spacial score (nSPS) is 10.2. The summed E-state index contributed by atoms with van der Waals surface area (Å²) in [7, 11) is 1.86. The van der Waals surface area contributed by atoms with Crippen LogP contribution in [0.4, 0.5) is 10.1 Å². The van der Waals surface area contributed by atoms with E-state index in [1.165, 1.54) is 11.6 Å². The smallest absolute Gasteiger partial charge is 0.173 e. The fraction of sp³-hybridized carbons (Fsp3) is 0.235. The van der Waals surface area contributed by atoms with Crippen LogP contribution in [-0.2, 0) is 13.0 Å². The third-order valence-corrected chi connectivity index (χ3v) is 3.77. The van der Waals surface area contributed by atoms with Gasteiger partial charge in [-0.25, -0.2) is 4.39 Å². The third-order valence-electron chi connectivity index (χ3n) is 3.35. The first-order chi connectivity index (χ1) is 10.1. The number of anilines is 1. The van der Waals surface area contributed by atoms with Crippen molar-refractivity contribution in [3.8, 4) is 0 Å². The van der Waals surface area contributed by atoms with Crippen molar-refractivity contribution in [3.05, 3.63) is 65.5 Å². The van der Waals surface area contributed by atoms with Gasteiger partial charge in [-0.3, -0.25) is 0 Å². The lowest BCUT2D eigenvalue weighted by Crippen LogP contribution is -2.31. The second-order valence-corrected chi connectivity index (χ2v) is 5.28. The number of nitrogens with one attached hydrogen (secondary N) is 1. The summed E-state index contributed by atoms with van der Waals surface area (Å²) in [6, 6.07) is 14.8. The van der Waals surface area contributed by atoms with Crippen molar-refractivity contribution in [2.75, 3.05) is 12.4 Å². The maximum atomic E-state index is 13.7. The molecule has 110 valence electrons. The first-order valence-electron chi connectivity index (χ1n) is 6.95. The molecule has 0 aliphatic heterocycles. The number of hydrogen-bond acceptors (Lipinski definition) is 1. The topological polar surface area (TPSA) is 15.3 Å². The van der Waals surface area contributed by atoms with Gasteiger partial charge in [-0.15, -0.1) is 0 Å². The fourth-order valence-electron chi connectivity index (χ4n) is 2.12. The molecule has 0 unspecified atom stereocenters. The van der Waals surface area contributed by atoms with Crippen LogP contribution in [0.3, 0.4) is 0 Å². The van der Waals surface area contributed by atoms with Crippen LogP contribution in [0.15, 0.2) is 48.5 Å². The predicted octanol–water partition coefficient (Wildman–Crippen LogP) is 4.22. The largest absolute Gasteiger partial charge is 0.348 e. The van der Waals surface area contributed by atoms with Crippen LogP contribution in [0.1, 0.15) is 18.1 Å². The van der Waals surface area contributed by atoms with E-state index < -0.39 is 0 Å². The van der Waals surface area contributed by atoms with Gasteiger partial charge in [-0.2, -0.15) is 0 Å². The number of benzene rings is 2. The highest BCUT2D eigenvalue weighted by atomic mass is 32.1. The molecule has 4 heteroatoms. The van der Waals surface area contributed by atoms with Crippen LogP contribution in [0, 0.1) is 5.82 Å². The minimum Gasteiger partial charge on any atom is -0.348 e. The van der Waals surface area contributed by atoms with Crippen molar-refractivity contribution < 1.29 is 4.39 Å². The monoisotopic (exact) mass is 302 g/mol. The Morgan fingerprint density at radius 3 is 2.38 bits per heavy atom. The molecule has 0 saturated carbocycles. The number of rotatable bonds is 4. The second kappa shape index (κ2) is 7.18. The summed E-state index contributed by atoms with van der Waals surface area (Å²) in [6.07, 6.45) is 0.933. The first kappa shape index (κ1) is 15.4. The molecule has 0 fully saturated rings. The summed E-state index contributed by atoms with van der Waals surface area (Å²) >= 11 is 5.40. The summed E-state index contributed by atoms with van der Waals surface area (Å²) in [5.74, 6) is -0.207. The van der Waals surface area contributed by atoms with E-state index in [9.17, 15) is 4.39 Å². The van der Waals surface area contributed by atoms with E-state index in [1.54, 1.807) is 12.1 Å². The SMILES string of the molecule is CCc1ccccc1NC(=S)N(C)Cc1ccccc1F. The first-order valence-corrected chi connectivity index (χ1v) is 7.36. The molecule has 0 heterocycles. The minimum absolute atomic E-state index is 0.207. The van der Waals surface area contributed by atoms with Gasteiger partial charge in [0.2, 0.25) is 0 Å². The molecule has 1 N–H and O–H groups in total. The van der Waals surface area contributed by atoms with E-state index in [2.05, 4.69) is 18.3 Å². The van der Waals surface area contributed by atoms with Gasteiger partial charge in [0.15, 0.2) is 5.11 Å². The number of hydrogen-bond donors (Lipinski definition) is 1. The summed E-state index contributed by atoms with van der Waals surface area (Å²) in [6.45, 7) is 2.54. The molecule has 2 aromatic carbocycles. The summed E-state index contributed by atoms with van der Waals surface area (Å²) in [5, 5.41) is 3.82. The second-order valence-electron chi connectivity index (χ2n) is 4.89. The number of halogens is 1. The quantitative estimate of drug-likeness (QED) is 0.851. The van der Waals surface area contributed by atoms with Crippen molar-refractivity contribution in [2.45, 2.75) is 19.9 Å². The molecule has 21 heavy (non-hydrogen) atoms. The Morgan fingerprint density at radius 2 is 1.71 bits per heavy atom. The Bertz CT molecular complexity index is 628. The Morgan fingerprint density at radius 1 is 1.10 bits per heavy atom. The van der Waals surface area contributed by atoms with Gasteiger partial charge in [0, 0.05) is 24.8 Å². The van der Waals surface area contributed by atoms with Crippen molar-refractivity contribution in [2.24, 2.45) is 0 Å². The van der Waals surface area contributed by atoms with Crippen molar-refractivity contribution >= 4 is 23.0 Å². The van der Waals surface area contributed by atoms with Crippen LogP contribution in [0.2, 0.25) is 0 Å². The van der Waals surface area contributed by atoms with Gasteiger partial charge in [-0.05, 0) is 36.3 Å². The zero-order valence-electron chi connectivity index (χ0n) is 12.3. The molecule has 0 spiro atoms. The van der Waals surface area contributed by atoms with Crippen molar-refractivity contribution in [3.63, 3.8) is 0 Å². The molecule has 2 nitrogen and oxygen atoms in total. The molecule has 0 aliphatic carbocycles. The number of para-hydroxylation sites is 1. The Balaban J connectivity index is 2.05. The molecular weight excluding hydrogens is 283 g/mol. The van der Waals surface area contributed by atoms with E-state index in [4.69, 9.17) is 12.2 Å². The average Bonchev–Trinajstić information content (AvgIpc) is 2.50. The highest BCUT2D eigenvalue weighted by molar-refractivity contribution is 7.80. The zero-order valence-corrected chi connectivity index (χ0v) is 13.1. The standard InChI is InChI=1S/C17H19FN2S/c1-3-13-8-5-7-11-16(13)19-17(21)20(2)12-14-9-4-6-10-15(14)18/h4-11H,3,12H2,1-2H3,(H,19,21). The minimum atomic E-state index is -0.207. The van der Waals surface area contributed by atoms with Crippen LogP contribution in [0.25, 0.3) is 0 Å². The predicted molar refractivity (Wildman–Crippen MR) is 89.9 cm³/mol. The van der Waals surface area contributed by atoms with E-state index in [0.29, 0.717) is 17.2 Å². The maximum Gasteiger partial charge on any atom is 0.173 e. The van der Waals surface area contributed by atoms with Crippen LogP contribution in [-0.4, -0.2) is 17.1 Å². The zero-order chi connectivity index (χ0) is 15.2. The summed E-state index contributed by atoms with van der Waals surface area (Å²) in [4.78, 5) is 1.83. The van der Waals surface area contributed by atoms with Crippen LogP contribution < -0.4 is 5.32 Å². The van der Waals surface area contributed by atoms with E-state index in [1.807, 2.05) is 36.2 Å². The summed E-state index contributed by atoms with van der Waals surface area (Å²) < 4.78 is 13.7. The number of aryl methyl sites for hydroxylation is 1. The molecule has 0 amide bonds. The highest BCUT2D eigenvalue weighted by Crippen LogP contribution is 2.17. The Labute approximate surface area is 130 Å². The fourth-order valence-corrected chi connectivity index (χ4v) is 2.29. The number of thiocarbonyl (C=S) groups is 1. The van der Waals surface area contributed by atoms with Gasteiger partial charge < -0.3 is 10.2 Å². The van der Waals surface area contributed by atoms with Gasteiger partial charge in [0.25, 0.3) is 0 Å². The molecule has 0 aromatic heterocycles. The van der Waals surface area contributed by atoms with E-state index >= 15 is 0 Å². The van der Waals surface area contributed by atoms with E-state index in [0.717, 1.165) is 12.1 Å². The molecule has 0 aliphatic rings. The maximum absolute atomic E-state index is 13.7. The lowest BCUT2D eigenvalue weighted by atomic mass is 10.1. The van der Waals surface area contributed by atoms with Gasteiger partial charge in [0.05, 0.1) is 0 Å². The molecule has 0 atom stereocenters. The number of nitrogens with zero attached hydrogens (tertiary/aromatic N) is 1. The molecule has 2 aromatic rings. The Hall–Kier alpha value is -1.94. The molecular formula is C17H19FN2S. The van der Waals surface area contributed by atoms with Gasteiger partial charge in [-0.1, -0.05) is 43.3 Å².